The molecule has 14 heteroatoms. The van der Waals surface area contributed by atoms with Crippen LogP contribution in [0.4, 0.5) is 4.39 Å². The summed E-state index contributed by atoms with van der Waals surface area (Å²) in [5.41, 5.74) is -0.701. The lowest BCUT2D eigenvalue weighted by molar-refractivity contribution is -0.149. The van der Waals surface area contributed by atoms with Crippen molar-refractivity contribution >= 4 is 25.9 Å². The Morgan fingerprint density at radius 3 is 2.63 bits per heavy atom. The molecule has 1 fully saturated rings. The fraction of sp³-hybridized carbons (Fsp3) is 0.476. The number of rotatable bonds is 10. The van der Waals surface area contributed by atoms with E-state index in [4.69, 9.17) is 30.7 Å². The molecule has 3 N–H and O–H groups in total. The zero-order valence-electron chi connectivity index (χ0n) is 19.2. The first-order valence-corrected chi connectivity index (χ1v) is 12.7. The van der Waals surface area contributed by atoms with E-state index in [1.807, 2.05) is 0 Å². The third-order valence-corrected chi connectivity index (χ3v) is 6.73. The van der Waals surface area contributed by atoms with Crippen LogP contribution in [0.5, 0.6) is 5.75 Å². The molecule has 1 saturated heterocycles. The summed E-state index contributed by atoms with van der Waals surface area (Å²) in [5, 5.41) is 12.8. The number of aliphatic hydroxyl groups is 1. The number of nitrogens with one attached hydrogen (secondary N) is 2. The number of aliphatic hydroxyl groups excluding tert-OH is 1. The Morgan fingerprint density at radius 2 is 2.00 bits per heavy atom. The highest BCUT2D eigenvalue weighted by Crippen LogP contribution is 2.46. The van der Waals surface area contributed by atoms with Gasteiger partial charge in [0.15, 0.2) is 12.4 Å². The average Bonchev–Trinajstić information content (AvgIpc) is 3.06. The number of hydrogen-bond acceptors (Lipinski definition) is 9. The lowest BCUT2D eigenvalue weighted by atomic mass is 10.1. The molecule has 3 rings (SSSR count). The maximum absolute atomic E-state index is 14.8. The monoisotopic (exact) mass is 531 g/mol. The molecule has 2 aromatic rings. The predicted octanol–water partition coefficient (Wildman–Crippen LogP) is 2.64. The Labute approximate surface area is 205 Å². The molecule has 1 aliphatic rings. The molecule has 2 unspecified atom stereocenters. The van der Waals surface area contributed by atoms with Gasteiger partial charge in [0, 0.05) is 6.20 Å². The summed E-state index contributed by atoms with van der Waals surface area (Å²) in [4.78, 5) is 26.7. The van der Waals surface area contributed by atoms with E-state index in [0.717, 1.165) is 4.57 Å². The lowest BCUT2D eigenvalue weighted by Crippen LogP contribution is -2.37. The van der Waals surface area contributed by atoms with Crippen LogP contribution in [0.1, 0.15) is 27.0 Å². The number of alkyl halides is 1. The number of carbonyl (C=O) groups is 1. The molecule has 0 bridgehead atoms. The number of para-hydroxylation sites is 1. The van der Waals surface area contributed by atoms with Crippen molar-refractivity contribution in [3.63, 3.8) is 0 Å². The van der Waals surface area contributed by atoms with Gasteiger partial charge in [0.1, 0.15) is 28.6 Å². The zero-order chi connectivity index (χ0) is 25.8. The zero-order valence-corrected chi connectivity index (χ0v) is 20.9. The molecule has 0 saturated carbocycles. The highest BCUT2D eigenvalue weighted by Gasteiger charge is 2.47. The van der Waals surface area contributed by atoms with Crippen LogP contribution in [0.25, 0.3) is 0 Å². The number of aromatic amines is 1. The van der Waals surface area contributed by atoms with Crippen molar-refractivity contribution in [1.82, 2.24) is 14.6 Å². The van der Waals surface area contributed by atoms with E-state index in [1.165, 1.54) is 31.3 Å². The Hall–Kier alpha value is -2.41. The number of hydrogen-bond donors (Lipinski definition) is 3. The van der Waals surface area contributed by atoms with Crippen LogP contribution >= 0.6 is 20.0 Å². The predicted molar refractivity (Wildman–Crippen MR) is 125 cm³/mol. The van der Waals surface area contributed by atoms with Gasteiger partial charge in [-0.05, 0) is 39.0 Å². The van der Waals surface area contributed by atoms with E-state index >= 15 is 0 Å². The summed E-state index contributed by atoms with van der Waals surface area (Å²) in [6.45, 7) is 4.10. The first kappa shape index (κ1) is 27.2. The first-order chi connectivity index (χ1) is 16.5. The van der Waals surface area contributed by atoms with Crippen molar-refractivity contribution in [2.45, 2.75) is 57.5 Å². The molecule has 1 aromatic carbocycles. The SMILES string of the molecule is CC(C)OC(=O)[C@H](C)NP(=O)(OC[C@H]1O[C@@H](n2ccc(=S)[nH]c2=O)[C@@H](O)C1F)Oc1ccccc1. The van der Waals surface area contributed by atoms with Crippen LogP contribution in [0.2, 0.25) is 0 Å². The Morgan fingerprint density at radius 1 is 1.31 bits per heavy atom. The van der Waals surface area contributed by atoms with Gasteiger partial charge in [-0.3, -0.25) is 18.9 Å². The summed E-state index contributed by atoms with van der Waals surface area (Å²) in [7, 11) is -4.27. The molecule has 0 amide bonds. The van der Waals surface area contributed by atoms with Gasteiger partial charge in [-0.2, -0.15) is 5.09 Å². The van der Waals surface area contributed by atoms with E-state index in [2.05, 4.69) is 10.1 Å². The van der Waals surface area contributed by atoms with Gasteiger partial charge >= 0.3 is 19.4 Å². The van der Waals surface area contributed by atoms with Gasteiger partial charge in [0.25, 0.3) is 0 Å². The largest absolute Gasteiger partial charge is 0.462 e. The van der Waals surface area contributed by atoms with Crippen molar-refractivity contribution in [2.24, 2.45) is 0 Å². The minimum Gasteiger partial charge on any atom is -0.462 e. The van der Waals surface area contributed by atoms with E-state index in [0.29, 0.717) is 0 Å². The summed E-state index contributed by atoms with van der Waals surface area (Å²) in [6, 6.07) is 8.31. The fourth-order valence-corrected chi connectivity index (χ4v) is 4.86. The third-order valence-electron chi connectivity index (χ3n) is 4.85. The molecular formula is C21H27FN3O8PS. The third kappa shape index (κ3) is 7.06. The smallest absolute Gasteiger partial charge is 0.459 e. The molecular weight excluding hydrogens is 504 g/mol. The van der Waals surface area contributed by atoms with Gasteiger partial charge in [-0.1, -0.05) is 30.4 Å². The van der Waals surface area contributed by atoms with Gasteiger partial charge in [0.2, 0.25) is 0 Å². The van der Waals surface area contributed by atoms with Crippen LogP contribution in [-0.2, 0) is 23.4 Å². The van der Waals surface area contributed by atoms with Crippen molar-refractivity contribution in [3.8, 4) is 5.75 Å². The van der Waals surface area contributed by atoms with Crippen molar-refractivity contribution in [2.75, 3.05) is 6.61 Å². The van der Waals surface area contributed by atoms with Gasteiger partial charge in [-0.15, -0.1) is 0 Å². The van der Waals surface area contributed by atoms with Crippen LogP contribution in [-0.4, -0.2) is 57.8 Å². The molecule has 192 valence electrons. The molecule has 0 aliphatic carbocycles. The summed E-state index contributed by atoms with van der Waals surface area (Å²) in [5.74, 6) is -0.529. The summed E-state index contributed by atoms with van der Waals surface area (Å²) < 4.78 is 51.0. The number of ether oxygens (including phenoxy) is 2. The maximum atomic E-state index is 14.8. The van der Waals surface area contributed by atoms with E-state index in [-0.39, 0.29) is 10.4 Å². The number of benzene rings is 1. The van der Waals surface area contributed by atoms with Gasteiger partial charge in [0.05, 0.1) is 12.7 Å². The van der Waals surface area contributed by atoms with Crippen molar-refractivity contribution in [3.05, 3.63) is 57.7 Å². The molecule has 2 heterocycles. The normalized spacial score (nSPS) is 24.6. The average molecular weight is 531 g/mol. The van der Waals surface area contributed by atoms with E-state index in [9.17, 15) is 23.7 Å². The first-order valence-electron chi connectivity index (χ1n) is 10.8. The number of H-pyrrole nitrogens is 1. The Kier molecular flexibility index (Phi) is 8.97. The molecule has 0 spiro atoms. The van der Waals surface area contributed by atoms with Crippen LogP contribution < -0.4 is 15.3 Å². The van der Waals surface area contributed by atoms with E-state index < -0.39 is 62.8 Å². The molecule has 6 atom stereocenters. The Bertz CT molecular complexity index is 1180. The molecule has 1 aliphatic heterocycles. The maximum Gasteiger partial charge on any atom is 0.459 e. The minimum atomic E-state index is -4.27. The van der Waals surface area contributed by atoms with Crippen LogP contribution in [0, 0.1) is 4.64 Å². The molecule has 0 radical (unpaired) electrons. The van der Waals surface area contributed by atoms with Crippen LogP contribution in [0.3, 0.4) is 0 Å². The second-order valence-electron chi connectivity index (χ2n) is 8.05. The number of aromatic nitrogens is 2. The molecule has 35 heavy (non-hydrogen) atoms. The summed E-state index contributed by atoms with van der Waals surface area (Å²) in [6.07, 6.45) is -5.62. The quantitative estimate of drug-likeness (QED) is 0.238. The fourth-order valence-electron chi connectivity index (χ4n) is 3.21. The van der Waals surface area contributed by atoms with Crippen molar-refractivity contribution < 1.29 is 37.4 Å². The topological polar surface area (TPSA) is 141 Å². The number of halogens is 1. The highest BCUT2D eigenvalue weighted by atomic mass is 32.1. The number of nitrogens with zero attached hydrogens (tertiary/aromatic N) is 1. The second kappa shape index (κ2) is 11.5. The lowest BCUT2D eigenvalue weighted by Gasteiger charge is -2.24. The highest BCUT2D eigenvalue weighted by molar-refractivity contribution is 7.71. The van der Waals surface area contributed by atoms with Crippen molar-refractivity contribution in [1.29, 1.82) is 0 Å². The Balaban J connectivity index is 1.75. The van der Waals surface area contributed by atoms with Gasteiger partial charge < -0.3 is 19.1 Å². The second-order valence-corrected chi connectivity index (χ2v) is 10.2. The van der Waals surface area contributed by atoms with Crippen LogP contribution in [0.15, 0.2) is 47.4 Å². The number of carbonyl (C=O) groups excluding carboxylic acids is 1. The molecule has 1 aromatic heterocycles. The standard InChI is InChI=1S/C21H27FN3O8PS/c1-12(2)31-20(27)13(3)24-34(29,33-14-7-5-4-6-8-14)30-11-15-17(22)18(26)19(32-15)25-10-9-16(35)23-21(25)28/h4-10,12-13,15,17-19,26H,11H2,1-3H3,(H,24,29)(H,23,28,35)/t13-,15+,17?,18-,19+,34?/m0/s1. The summed E-state index contributed by atoms with van der Waals surface area (Å²) >= 11 is 4.87. The van der Waals surface area contributed by atoms with Gasteiger partial charge in [-0.25, -0.2) is 13.8 Å². The number of esters is 1. The van der Waals surface area contributed by atoms with E-state index in [1.54, 1.807) is 32.0 Å². The minimum absolute atomic E-state index is 0.158. The molecule has 11 nitrogen and oxygen atoms in total.